The van der Waals surface area contributed by atoms with Crippen molar-refractivity contribution < 1.29 is 28.7 Å². The van der Waals surface area contributed by atoms with Crippen LogP contribution in [0.25, 0.3) is 0 Å². The van der Waals surface area contributed by atoms with Crippen LogP contribution in [-0.4, -0.2) is 43.0 Å². The van der Waals surface area contributed by atoms with E-state index in [4.69, 9.17) is 9.47 Å². The first-order valence-corrected chi connectivity index (χ1v) is 9.78. The fraction of sp³-hybridized carbons (Fsp3) is 0.474. The fourth-order valence-electron chi connectivity index (χ4n) is 2.88. The molecule has 8 nitrogen and oxygen atoms in total. The maximum atomic E-state index is 12.3. The van der Waals surface area contributed by atoms with E-state index in [1.54, 1.807) is 13.8 Å². The summed E-state index contributed by atoms with van der Waals surface area (Å²) in [6.45, 7) is 7.00. The van der Waals surface area contributed by atoms with Gasteiger partial charge < -0.3 is 20.1 Å². The van der Waals surface area contributed by atoms with E-state index in [1.165, 1.54) is 11.3 Å². The van der Waals surface area contributed by atoms with Crippen molar-refractivity contribution in [3.63, 3.8) is 0 Å². The summed E-state index contributed by atoms with van der Waals surface area (Å²) in [6.07, 6.45) is -0.0547. The van der Waals surface area contributed by atoms with E-state index in [2.05, 4.69) is 10.6 Å². The van der Waals surface area contributed by atoms with Crippen LogP contribution in [0.2, 0.25) is 0 Å². The number of carbonyl (C=O) groups excluding carboxylic acids is 4. The highest BCUT2D eigenvalue weighted by Crippen LogP contribution is 2.22. The van der Waals surface area contributed by atoms with Gasteiger partial charge >= 0.3 is 18.0 Å². The molecule has 0 aliphatic carbocycles. The average Bonchev–Trinajstić information content (AvgIpc) is 2.95. The summed E-state index contributed by atoms with van der Waals surface area (Å²) in [5.74, 6) is -1.30. The molecule has 2 heterocycles. The number of esters is 2. The third-order valence-corrected chi connectivity index (χ3v) is 5.11. The van der Waals surface area contributed by atoms with E-state index in [0.717, 1.165) is 9.75 Å². The molecule has 1 aliphatic heterocycles. The Bertz CT molecular complexity index is 826. The number of amides is 2. The Hall–Kier alpha value is -2.68. The van der Waals surface area contributed by atoms with Gasteiger partial charge in [-0.25, -0.2) is 9.59 Å². The number of ether oxygens (including phenoxy) is 2. The minimum absolute atomic E-state index is 0.0317. The summed E-state index contributed by atoms with van der Waals surface area (Å²) >= 11 is 1.54. The van der Waals surface area contributed by atoms with Crippen molar-refractivity contribution in [1.29, 1.82) is 0 Å². The lowest BCUT2D eigenvalue weighted by Crippen LogP contribution is -2.50. The molecule has 0 fully saturated rings. The normalized spacial score (nSPS) is 16.3. The predicted molar refractivity (Wildman–Crippen MR) is 103 cm³/mol. The van der Waals surface area contributed by atoms with Crippen LogP contribution in [0.4, 0.5) is 4.79 Å². The molecule has 0 aromatic carbocycles. The highest BCUT2D eigenvalue weighted by Gasteiger charge is 2.30. The van der Waals surface area contributed by atoms with E-state index >= 15 is 0 Å². The largest absolute Gasteiger partial charge is 0.463 e. The Labute approximate surface area is 167 Å². The first-order chi connectivity index (χ1) is 13.2. The Kier molecular flexibility index (Phi) is 7.33. The second-order valence-electron chi connectivity index (χ2n) is 6.34. The molecular formula is C19H24N2O6S. The lowest BCUT2D eigenvalue weighted by Gasteiger charge is -2.26. The van der Waals surface area contributed by atoms with E-state index in [9.17, 15) is 19.2 Å². The fourth-order valence-corrected chi connectivity index (χ4v) is 3.82. The minimum atomic E-state index is -0.591. The Morgan fingerprint density at radius 1 is 1.18 bits per heavy atom. The van der Waals surface area contributed by atoms with Gasteiger partial charge in [-0.05, 0) is 33.8 Å². The van der Waals surface area contributed by atoms with Gasteiger partial charge in [0.15, 0.2) is 5.78 Å². The SMILES string of the molecule is CCOC(=O)C1=C(COC(=O)CCC(=O)c2cc(C)sc2C)NC(=O)N[C@H]1C. The van der Waals surface area contributed by atoms with Crippen LogP contribution in [0.3, 0.4) is 0 Å². The molecule has 0 saturated heterocycles. The topological polar surface area (TPSA) is 111 Å². The van der Waals surface area contributed by atoms with Gasteiger partial charge in [0.05, 0.1) is 30.3 Å². The third kappa shape index (κ3) is 5.41. The molecule has 9 heteroatoms. The number of rotatable bonds is 8. The van der Waals surface area contributed by atoms with Crippen LogP contribution >= 0.6 is 11.3 Å². The van der Waals surface area contributed by atoms with Gasteiger partial charge in [-0.2, -0.15) is 0 Å². The lowest BCUT2D eigenvalue weighted by molar-refractivity contribution is -0.143. The number of aryl methyl sites for hydroxylation is 2. The number of urea groups is 1. The van der Waals surface area contributed by atoms with E-state index < -0.39 is 24.0 Å². The number of Topliss-reactive ketones (excluding diaryl/α,β-unsaturated/α-hetero) is 1. The second kappa shape index (κ2) is 9.50. The van der Waals surface area contributed by atoms with Crippen molar-refractivity contribution in [2.75, 3.05) is 13.2 Å². The Morgan fingerprint density at radius 2 is 1.89 bits per heavy atom. The summed E-state index contributed by atoms with van der Waals surface area (Å²) in [6, 6.07) is 0.744. The van der Waals surface area contributed by atoms with Gasteiger partial charge in [0, 0.05) is 21.7 Å². The average molecular weight is 408 g/mol. The molecule has 1 atom stereocenters. The number of carbonyl (C=O) groups is 4. The van der Waals surface area contributed by atoms with E-state index in [0.29, 0.717) is 5.56 Å². The Morgan fingerprint density at radius 3 is 2.50 bits per heavy atom. The standard InChI is InChI=1S/C19H24N2O6S/c1-5-26-18(24)17-11(3)20-19(25)21-14(17)9-27-16(23)7-6-15(22)13-8-10(2)28-12(13)4/h8,11H,5-7,9H2,1-4H3,(H2,20,21,25)/t11-/m0/s1. The molecule has 28 heavy (non-hydrogen) atoms. The smallest absolute Gasteiger partial charge is 0.338 e. The number of thiophene rings is 1. The second-order valence-corrected chi connectivity index (χ2v) is 7.80. The van der Waals surface area contributed by atoms with Gasteiger partial charge in [0.2, 0.25) is 0 Å². The molecule has 1 aliphatic rings. The van der Waals surface area contributed by atoms with E-state index in [-0.39, 0.29) is 43.1 Å². The molecule has 0 spiro atoms. The van der Waals surface area contributed by atoms with Crippen molar-refractivity contribution in [2.45, 2.75) is 46.6 Å². The monoisotopic (exact) mass is 408 g/mol. The summed E-state index contributed by atoms with van der Waals surface area (Å²) in [4.78, 5) is 50.0. The van der Waals surface area contributed by atoms with Gasteiger partial charge in [0.25, 0.3) is 0 Å². The minimum Gasteiger partial charge on any atom is -0.463 e. The van der Waals surface area contributed by atoms with Crippen molar-refractivity contribution >= 4 is 35.1 Å². The van der Waals surface area contributed by atoms with Crippen LogP contribution in [0.5, 0.6) is 0 Å². The molecule has 152 valence electrons. The zero-order valence-electron chi connectivity index (χ0n) is 16.3. The molecule has 2 amide bonds. The van der Waals surface area contributed by atoms with E-state index in [1.807, 2.05) is 19.9 Å². The number of hydrogen-bond donors (Lipinski definition) is 2. The van der Waals surface area contributed by atoms with Crippen LogP contribution in [-0.2, 0) is 19.1 Å². The van der Waals surface area contributed by atoms with Crippen molar-refractivity contribution in [3.05, 3.63) is 32.7 Å². The molecule has 2 rings (SSSR count). The number of nitrogens with one attached hydrogen (secondary N) is 2. The summed E-state index contributed by atoms with van der Waals surface area (Å²) in [7, 11) is 0. The highest BCUT2D eigenvalue weighted by molar-refractivity contribution is 7.12. The van der Waals surface area contributed by atoms with Crippen molar-refractivity contribution in [3.8, 4) is 0 Å². The predicted octanol–water partition coefficient (Wildman–Crippen LogP) is 2.39. The summed E-state index contributed by atoms with van der Waals surface area (Å²) in [5, 5.41) is 5.04. The van der Waals surface area contributed by atoms with Crippen LogP contribution in [0, 0.1) is 13.8 Å². The highest BCUT2D eigenvalue weighted by atomic mass is 32.1. The summed E-state index contributed by atoms with van der Waals surface area (Å²) < 4.78 is 10.2. The van der Waals surface area contributed by atoms with Crippen LogP contribution in [0.1, 0.15) is 46.8 Å². The maximum absolute atomic E-state index is 12.3. The van der Waals surface area contributed by atoms with Crippen molar-refractivity contribution in [2.24, 2.45) is 0 Å². The molecule has 0 unspecified atom stereocenters. The van der Waals surface area contributed by atoms with Gasteiger partial charge in [-0.1, -0.05) is 0 Å². The maximum Gasteiger partial charge on any atom is 0.338 e. The van der Waals surface area contributed by atoms with Gasteiger partial charge in [-0.3, -0.25) is 9.59 Å². The first-order valence-electron chi connectivity index (χ1n) is 8.96. The molecule has 0 bridgehead atoms. The molecule has 0 radical (unpaired) electrons. The zero-order chi connectivity index (χ0) is 20.8. The molecule has 1 aromatic heterocycles. The Balaban J connectivity index is 1.96. The lowest BCUT2D eigenvalue weighted by atomic mass is 10.0. The summed E-state index contributed by atoms with van der Waals surface area (Å²) in [5.41, 5.74) is 1.01. The van der Waals surface area contributed by atoms with Gasteiger partial charge in [0.1, 0.15) is 6.61 Å². The molecule has 1 aromatic rings. The van der Waals surface area contributed by atoms with Gasteiger partial charge in [-0.15, -0.1) is 11.3 Å². The number of ketones is 1. The number of hydrogen-bond acceptors (Lipinski definition) is 7. The molecule has 0 saturated carbocycles. The molecule has 2 N–H and O–H groups in total. The van der Waals surface area contributed by atoms with Crippen LogP contribution in [0.15, 0.2) is 17.3 Å². The quantitative estimate of drug-likeness (QED) is 0.505. The van der Waals surface area contributed by atoms with Crippen LogP contribution < -0.4 is 10.6 Å². The zero-order valence-corrected chi connectivity index (χ0v) is 17.2. The first kappa shape index (κ1) is 21.6. The van der Waals surface area contributed by atoms with Crippen molar-refractivity contribution in [1.82, 2.24) is 10.6 Å². The molecular weight excluding hydrogens is 384 g/mol. The third-order valence-electron chi connectivity index (χ3n) is 4.14.